The lowest BCUT2D eigenvalue weighted by atomic mass is 10.1. The zero-order chi connectivity index (χ0) is 20.2. The third kappa shape index (κ3) is 4.75. The molecule has 2 aromatic carbocycles. The minimum absolute atomic E-state index is 0.103. The largest absolute Gasteiger partial charge is 0.507 e. The Bertz CT molecular complexity index is 1080. The highest BCUT2D eigenvalue weighted by Crippen LogP contribution is 2.35. The number of carbonyl (C=O) groups excluding carboxylic acids is 1. The number of anilines is 2. The molecule has 7 heteroatoms. The number of fused-ring (bicyclic) bond motifs is 5. The molecule has 0 saturated carbocycles. The van der Waals surface area contributed by atoms with Crippen molar-refractivity contribution in [1.29, 1.82) is 0 Å². The number of amides is 1. The van der Waals surface area contributed by atoms with Crippen LogP contribution in [0.15, 0.2) is 64.9 Å². The first-order valence-electron chi connectivity index (χ1n) is 9.22. The number of nitrogens with one attached hydrogen (secondary N) is 2. The Balaban J connectivity index is 1.71. The molecule has 1 aliphatic heterocycles. The fraction of sp³-hybridized carbons (Fsp3) is 0.136. The van der Waals surface area contributed by atoms with Crippen LogP contribution < -0.4 is 15.8 Å². The number of allylic oxidation sites excluding steroid dienone is 2. The van der Waals surface area contributed by atoms with Gasteiger partial charge >= 0.3 is 0 Å². The van der Waals surface area contributed by atoms with Gasteiger partial charge in [0.25, 0.3) is 5.91 Å². The van der Waals surface area contributed by atoms with Crippen molar-refractivity contribution in [2.75, 3.05) is 10.0 Å². The number of thiophene rings is 1. The lowest BCUT2D eigenvalue weighted by molar-refractivity contribution is 0.0997. The first-order chi connectivity index (χ1) is 14.1. The number of rotatable bonds is 1. The fourth-order valence-electron chi connectivity index (χ4n) is 3.11. The van der Waals surface area contributed by atoms with Gasteiger partial charge in [-0.2, -0.15) is 0 Å². The molecule has 1 amide bonds. The Hall–Kier alpha value is -2.90. The summed E-state index contributed by atoms with van der Waals surface area (Å²) in [6.45, 7) is 0.632. The predicted octanol–water partition coefficient (Wildman–Crippen LogP) is 4.94. The van der Waals surface area contributed by atoms with E-state index in [-0.39, 0.29) is 11.3 Å². The molecule has 1 aromatic heterocycles. The molecule has 0 atom stereocenters. The molecule has 0 radical (unpaired) electrons. The minimum atomic E-state index is -0.658. The molecule has 0 fully saturated rings. The molecule has 0 unspecified atom stereocenters. The summed E-state index contributed by atoms with van der Waals surface area (Å²) in [5.41, 5.74) is 9.72. The zero-order valence-corrected chi connectivity index (χ0v) is 17.3. The quantitative estimate of drug-likeness (QED) is 0.329. The first kappa shape index (κ1) is 19.4. The molecule has 4 bridgehead atoms. The van der Waals surface area contributed by atoms with Gasteiger partial charge in [0.2, 0.25) is 0 Å². The summed E-state index contributed by atoms with van der Waals surface area (Å²) in [6, 6.07) is 13.6. The van der Waals surface area contributed by atoms with E-state index in [4.69, 9.17) is 5.73 Å². The van der Waals surface area contributed by atoms with E-state index in [1.54, 1.807) is 23.5 Å². The Morgan fingerprint density at radius 3 is 2.72 bits per heavy atom. The number of phenols is 1. The molecule has 2 heterocycles. The van der Waals surface area contributed by atoms with Gasteiger partial charge in [-0.15, -0.1) is 11.3 Å². The summed E-state index contributed by atoms with van der Waals surface area (Å²) in [6.07, 6.45) is 6.18. The minimum Gasteiger partial charge on any atom is -0.507 e. The van der Waals surface area contributed by atoms with Gasteiger partial charge in [0.05, 0.1) is 16.1 Å². The fourth-order valence-corrected chi connectivity index (χ4v) is 4.73. The number of benzene rings is 2. The van der Waals surface area contributed by atoms with Crippen molar-refractivity contribution in [2.24, 2.45) is 5.73 Å². The standard InChI is InChI=1S/C22H21N3O2S2/c23-22(27)18-10-21-19(11-20(18)26)24-12-17-9-15(13-28-17)5-2-1-4-14-6-3-7-16(8-14)25-29-21/h1-3,6-11,13,24-26H,4-5,12H2,(H2,23,27)/b2-1+. The summed E-state index contributed by atoms with van der Waals surface area (Å²) in [7, 11) is 0. The maximum atomic E-state index is 11.7. The maximum absolute atomic E-state index is 11.7. The van der Waals surface area contributed by atoms with Gasteiger partial charge in [0.15, 0.2) is 0 Å². The van der Waals surface area contributed by atoms with E-state index in [1.807, 2.05) is 12.1 Å². The highest BCUT2D eigenvalue weighted by atomic mass is 32.2. The molecule has 1 aliphatic rings. The van der Waals surface area contributed by atoms with Crippen LogP contribution in [-0.4, -0.2) is 11.0 Å². The lowest BCUT2D eigenvalue weighted by Gasteiger charge is -2.15. The Morgan fingerprint density at radius 2 is 1.90 bits per heavy atom. The monoisotopic (exact) mass is 423 g/mol. The molecule has 4 rings (SSSR count). The van der Waals surface area contributed by atoms with Crippen LogP contribution in [0.4, 0.5) is 11.4 Å². The van der Waals surface area contributed by atoms with E-state index in [1.165, 1.54) is 28.0 Å². The summed E-state index contributed by atoms with van der Waals surface area (Å²) in [5.74, 6) is -0.785. The smallest absolute Gasteiger partial charge is 0.252 e. The van der Waals surface area contributed by atoms with E-state index < -0.39 is 5.91 Å². The van der Waals surface area contributed by atoms with Crippen LogP contribution in [-0.2, 0) is 19.4 Å². The average Bonchev–Trinajstić information content (AvgIpc) is 3.16. The number of carbonyl (C=O) groups is 1. The Labute approximate surface area is 177 Å². The van der Waals surface area contributed by atoms with Crippen molar-refractivity contribution in [1.82, 2.24) is 0 Å². The Morgan fingerprint density at radius 1 is 1.07 bits per heavy atom. The van der Waals surface area contributed by atoms with Gasteiger partial charge in [0, 0.05) is 23.2 Å². The second-order valence-corrected chi connectivity index (χ2v) is 8.63. The van der Waals surface area contributed by atoms with Gasteiger partial charge in [-0.3, -0.25) is 4.79 Å². The van der Waals surface area contributed by atoms with E-state index in [9.17, 15) is 9.90 Å². The summed E-state index contributed by atoms with van der Waals surface area (Å²) in [5, 5.41) is 15.8. The molecule has 29 heavy (non-hydrogen) atoms. The molecule has 5 N–H and O–H groups in total. The molecular weight excluding hydrogens is 402 g/mol. The van der Waals surface area contributed by atoms with E-state index in [0.29, 0.717) is 6.54 Å². The third-order valence-electron chi connectivity index (χ3n) is 4.60. The van der Waals surface area contributed by atoms with Gasteiger partial charge < -0.3 is 20.9 Å². The summed E-state index contributed by atoms with van der Waals surface area (Å²) >= 11 is 3.08. The number of hydrogen-bond donors (Lipinski definition) is 4. The highest BCUT2D eigenvalue weighted by Gasteiger charge is 2.14. The summed E-state index contributed by atoms with van der Waals surface area (Å²) < 4.78 is 3.33. The van der Waals surface area contributed by atoms with Crippen molar-refractivity contribution < 1.29 is 9.90 Å². The molecule has 0 aliphatic carbocycles. The van der Waals surface area contributed by atoms with Gasteiger partial charge in [-0.1, -0.05) is 24.3 Å². The third-order valence-corrected chi connectivity index (χ3v) is 6.49. The maximum Gasteiger partial charge on any atom is 0.252 e. The van der Waals surface area contributed by atoms with Crippen molar-refractivity contribution in [2.45, 2.75) is 24.3 Å². The van der Waals surface area contributed by atoms with Gasteiger partial charge in [0.1, 0.15) is 5.75 Å². The number of nitrogens with two attached hydrogens (primary N) is 1. The average molecular weight is 424 g/mol. The van der Waals surface area contributed by atoms with E-state index in [0.717, 1.165) is 29.1 Å². The van der Waals surface area contributed by atoms with Crippen LogP contribution in [0.1, 0.15) is 26.4 Å². The molecular formula is C22H21N3O2S2. The second kappa shape index (κ2) is 8.63. The van der Waals surface area contributed by atoms with Gasteiger partial charge in [-0.05, 0) is 65.6 Å². The molecule has 5 nitrogen and oxygen atoms in total. The van der Waals surface area contributed by atoms with Gasteiger partial charge in [-0.25, -0.2) is 0 Å². The van der Waals surface area contributed by atoms with Crippen molar-refractivity contribution in [3.63, 3.8) is 0 Å². The van der Waals surface area contributed by atoms with E-state index in [2.05, 4.69) is 45.8 Å². The van der Waals surface area contributed by atoms with Crippen molar-refractivity contribution in [3.05, 3.63) is 81.6 Å². The molecule has 0 spiro atoms. The van der Waals surface area contributed by atoms with Crippen LogP contribution in [0.25, 0.3) is 0 Å². The number of primary amides is 1. The van der Waals surface area contributed by atoms with Crippen LogP contribution in [0, 0.1) is 0 Å². The molecule has 148 valence electrons. The summed E-state index contributed by atoms with van der Waals surface area (Å²) in [4.78, 5) is 13.7. The van der Waals surface area contributed by atoms with Crippen LogP contribution in [0.2, 0.25) is 0 Å². The number of aromatic hydroxyl groups is 1. The number of hydrogen-bond acceptors (Lipinski definition) is 6. The SMILES string of the molecule is NC(=O)c1cc2c(cc1O)NCc1cc(cs1)C/C=C/Cc1cccc(c1)NS2. The van der Waals surface area contributed by atoms with Crippen LogP contribution in [0.3, 0.4) is 0 Å². The molecule has 3 aromatic rings. The Kier molecular flexibility index (Phi) is 5.78. The topological polar surface area (TPSA) is 87.4 Å². The van der Waals surface area contributed by atoms with Crippen molar-refractivity contribution in [3.8, 4) is 5.75 Å². The van der Waals surface area contributed by atoms with E-state index >= 15 is 0 Å². The predicted molar refractivity (Wildman–Crippen MR) is 121 cm³/mol. The van der Waals surface area contributed by atoms with Crippen LogP contribution in [0.5, 0.6) is 5.75 Å². The zero-order valence-electron chi connectivity index (χ0n) is 15.6. The van der Waals surface area contributed by atoms with Crippen LogP contribution >= 0.6 is 23.3 Å². The lowest BCUT2D eigenvalue weighted by Crippen LogP contribution is -2.12. The van der Waals surface area contributed by atoms with Crippen molar-refractivity contribution >= 4 is 40.6 Å². The first-order valence-corrected chi connectivity index (χ1v) is 10.9. The second-order valence-electron chi connectivity index (χ2n) is 6.79. The normalized spacial score (nSPS) is 14.9. The highest BCUT2D eigenvalue weighted by molar-refractivity contribution is 8.00. The molecule has 0 saturated heterocycles.